The molecule has 1 fully saturated rings. The SMILES string of the molecule is CCC(Oc1ccc(C)cc1)C(=O)NNC(=O)C1CC(=O)N(Cc2ccco2)C1. The van der Waals surface area contributed by atoms with E-state index in [1.54, 1.807) is 35.4 Å². The minimum Gasteiger partial charge on any atom is -0.481 e. The van der Waals surface area contributed by atoms with Gasteiger partial charge in [0.25, 0.3) is 5.91 Å². The smallest absolute Gasteiger partial charge is 0.279 e. The number of benzene rings is 1. The van der Waals surface area contributed by atoms with Gasteiger partial charge in [-0.15, -0.1) is 0 Å². The zero-order chi connectivity index (χ0) is 20.8. The van der Waals surface area contributed by atoms with Gasteiger partial charge in [0.05, 0.1) is 18.7 Å². The molecule has 2 atom stereocenters. The van der Waals surface area contributed by atoms with Crippen molar-refractivity contribution in [1.29, 1.82) is 0 Å². The highest BCUT2D eigenvalue weighted by atomic mass is 16.5. The lowest BCUT2D eigenvalue weighted by molar-refractivity contribution is -0.134. The van der Waals surface area contributed by atoms with Crippen LogP contribution in [-0.4, -0.2) is 35.3 Å². The third kappa shape index (κ3) is 5.37. The number of nitrogens with one attached hydrogen (secondary N) is 2. The molecule has 0 bridgehead atoms. The molecule has 154 valence electrons. The van der Waals surface area contributed by atoms with E-state index in [1.807, 2.05) is 26.0 Å². The monoisotopic (exact) mass is 399 g/mol. The fraction of sp³-hybridized carbons (Fsp3) is 0.381. The van der Waals surface area contributed by atoms with Crippen molar-refractivity contribution in [2.75, 3.05) is 6.54 Å². The van der Waals surface area contributed by atoms with Gasteiger partial charge in [-0.2, -0.15) is 0 Å². The molecule has 1 aromatic carbocycles. The van der Waals surface area contributed by atoms with E-state index in [2.05, 4.69) is 10.9 Å². The van der Waals surface area contributed by atoms with Gasteiger partial charge in [-0.1, -0.05) is 24.6 Å². The number of hydrogen-bond acceptors (Lipinski definition) is 5. The third-order valence-corrected chi connectivity index (χ3v) is 4.78. The van der Waals surface area contributed by atoms with Crippen LogP contribution in [0.1, 0.15) is 31.1 Å². The molecule has 0 saturated carbocycles. The van der Waals surface area contributed by atoms with Gasteiger partial charge in [-0.3, -0.25) is 25.2 Å². The molecule has 1 aliphatic rings. The molecule has 0 aliphatic carbocycles. The van der Waals surface area contributed by atoms with Crippen LogP contribution in [0.5, 0.6) is 5.75 Å². The minimum absolute atomic E-state index is 0.0967. The first-order chi connectivity index (χ1) is 14.0. The lowest BCUT2D eigenvalue weighted by Gasteiger charge is -2.19. The maximum atomic E-state index is 12.4. The Hall–Kier alpha value is -3.29. The van der Waals surface area contributed by atoms with Crippen molar-refractivity contribution in [3.63, 3.8) is 0 Å². The summed E-state index contributed by atoms with van der Waals surface area (Å²) in [6.07, 6.45) is 1.34. The first-order valence-electron chi connectivity index (χ1n) is 9.59. The van der Waals surface area contributed by atoms with Crippen molar-refractivity contribution in [1.82, 2.24) is 15.8 Å². The quantitative estimate of drug-likeness (QED) is 0.693. The Morgan fingerprint density at radius 1 is 1.24 bits per heavy atom. The first-order valence-corrected chi connectivity index (χ1v) is 9.59. The van der Waals surface area contributed by atoms with Gasteiger partial charge < -0.3 is 14.1 Å². The summed E-state index contributed by atoms with van der Waals surface area (Å²) in [4.78, 5) is 38.4. The Kier molecular flexibility index (Phi) is 6.54. The van der Waals surface area contributed by atoms with Crippen LogP contribution >= 0.6 is 0 Å². The van der Waals surface area contributed by atoms with E-state index >= 15 is 0 Å². The van der Waals surface area contributed by atoms with Crippen LogP contribution in [0, 0.1) is 12.8 Å². The summed E-state index contributed by atoms with van der Waals surface area (Å²) in [6.45, 7) is 4.39. The van der Waals surface area contributed by atoms with Gasteiger partial charge in [0.1, 0.15) is 11.5 Å². The van der Waals surface area contributed by atoms with Crippen molar-refractivity contribution in [2.45, 2.75) is 39.3 Å². The predicted molar refractivity (Wildman–Crippen MR) is 104 cm³/mol. The van der Waals surface area contributed by atoms with Gasteiger partial charge >= 0.3 is 0 Å². The second kappa shape index (κ2) is 9.27. The van der Waals surface area contributed by atoms with Crippen molar-refractivity contribution < 1.29 is 23.5 Å². The van der Waals surface area contributed by atoms with E-state index in [1.165, 1.54) is 0 Å². The molecule has 8 heteroatoms. The maximum Gasteiger partial charge on any atom is 0.279 e. The van der Waals surface area contributed by atoms with Crippen molar-refractivity contribution in [3.05, 3.63) is 54.0 Å². The average molecular weight is 399 g/mol. The van der Waals surface area contributed by atoms with E-state index < -0.39 is 23.8 Å². The standard InChI is InChI=1S/C21H25N3O5/c1-3-18(29-16-8-6-14(2)7-9-16)21(27)23-22-20(26)15-11-19(25)24(12-15)13-17-5-4-10-28-17/h4-10,15,18H,3,11-13H2,1-2H3,(H,22,26)(H,23,27). The van der Waals surface area contributed by atoms with Crippen molar-refractivity contribution in [3.8, 4) is 5.75 Å². The van der Waals surface area contributed by atoms with Crippen molar-refractivity contribution in [2.24, 2.45) is 5.92 Å². The van der Waals surface area contributed by atoms with E-state index in [-0.39, 0.29) is 18.9 Å². The van der Waals surface area contributed by atoms with Crippen LogP contribution in [0.25, 0.3) is 0 Å². The van der Waals surface area contributed by atoms with Crippen LogP contribution in [0.2, 0.25) is 0 Å². The summed E-state index contributed by atoms with van der Waals surface area (Å²) in [5.74, 6) is -0.263. The molecular weight excluding hydrogens is 374 g/mol. The predicted octanol–water partition coefficient (Wildman–Crippen LogP) is 1.94. The van der Waals surface area contributed by atoms with E-state index in [0.29, 0.717) is 24.5 Å². The van der Waals surface area contributed by atoms with Crippen LogP contribution in [0.4, 0.5) is 0 Å². The highest BCUT2D eigenvalue weighted by Gasteiger charge is 2.35. The number of amides is 3. The number of aryl methyl sites for hydroxylation is 1. The highest BCUT2D eigenvalue weighted by Crippen LogP contribution is 2.20. The molecule has 1 aromatic heterocycles. The molecule has 8 nitrogen and oxygen atoms in total. The van der Waals surface area contributed by atoms with E-state index in [9.17, 15) is 14.4 Å². The third-order valence-electron chi connectivity index (χ3n) is 4.78. The lowest BCUT2D eigenvalue weighted by atomic mass is 10.1. The molecular formula is C21H25N3O5. The summed E-state index contributed by atoms with van der Waals surface area (Å²) in [5, 5.41) is 0. The summed E-state index contributed by atoms with van der Waals surface area (Å²) < 4.78 is 10.9. The topological polar surface area (TPSA) is 101 Å². The number of likely N-dealkylation sites (tertiary alicyclic amines) is 1. The lowest BCUT2D eigenvalue weighted by Crippen LogP contribution is -2.50. The number of carbonyl (C=O) groups is 3. The molecule has 0 spiro atoms. The molecule has 3 rings (SSSR count). The summed E-state index contributed by atoms with van der Waals surface area (Å²) >= 11 is 0. The first kappa shape index (κ1) is 20.4. The Morgan fingerprint density at radius 3 is 2.66 bits per heavy atom. The second-order valence-electron chi connectivity index (χ2n) is 7.06. The molecule has 29 heavy (non-hydrogen) atoms. The number of hydrogen-bond donors (Lipinski definition) is 2. The number of rotatable bonds is 7. The fourth-order valence-electron chi connectivity index (χ4n) is 3.10. The average Bonchev–Trinajstić information content (AvgIpc) is 3.36. The normalized spacial score (nSPS) is 17.1. The zero-order valence-electron chi connectivity index (χ0n) is 16.5. The van der Waals surface area contributed by atoms with E-state index in [0.717, 1.165) is 5.56 Å². The van der Waals surface area contributed by atoms with E-state index in [4.69, 9.17) is 9.15 Å². The molecule has 3 amide bonds. The van der Waals surface area contributed by atoms with Gasteiger partial charge in [0, 0.05) is 13.0 Å². The largest absolute Gasteiger partial charge is 0.481 e. The number of furan rings is 1. The second-order valence-corrected chi connectivity index (χ2v) is 7.06. The Bertz CT molecular complexity index is 848. The molecule has 0 radical (unpaired) electrons. The van der Waals surface area contributed by atoms with Crippen LogP contribution < -0.4 is 15.6 Å². The molecule has 2 heterocycles. The summed E-state index contributed by atoms with van der Waals surface area (Å²) in [7, 11) is 0. The summed E-state index contributed by atoms with van der Waals surface area (Å²) in [5.41, 5.74) is 5.91. The fourth-order valence-corrected chi connectivity index (χ4v) is 3.10. The molecule has 2 aromatic rings. The highest BCUT2D eigenvalue weighted by molar-refractivity contribution is 5.91. The Morgan fingerprint density at radius 2 is 2.00 bits per heavy atom. The number of hydrazine groups is 1. The minimum atomic E-state index is -0.737. The van der Waals surface area contributed by atoms with Gasteiger partial charge in [-0.05, 0) is 37.6 Å². The molecule has 2 N–H and O–H groups in total. The van der Waals surface area contributed by atoms with Crippen LogP contribution in [0.3, 0.4) is 0 Å². The van der Waals surface area contributed by atoms with Crippen LogP contribution in [-0.2, 0) is 20.9 Å². The molecule has 1 aliphatic heterocycles. The maximum absolute atomic E-state index is 12.4. The Labute approximate surface area is 169 Å². The van der Waals surface area contributed by atoms with Crippen molar-refractivity contribution >= 4 is 17.7 Å². The molecule has 2 unspecified atom stereocenters. The number of ether oxygens (including phenoxy) is 1. The van der Waals surface area contributed by atoms with Gasteiger partial charge in [-0.25, -0.2) is 0 Å². The number of nitrogens with zero attached hydrogens (tertiary/aromatic N) is 1. The zero-order valence-corrected chi connectivity index (χ0v) is 16.5. The molecule has 1 saturated heterocycles. The summed E-state index contributed by atoms with van der Waals surface area (Å²) in [6, 6.07) is 10.9. The van der Waals surface area contributed by atoms with Gasteiger partial charge in [0.15, 0.2) is 6.10 Å². The van der Waals surface area contributed by atoms with Crippen LogP contribution in [0.15, 0.2) is 47.1 Å². The Balaban J connectivity index is 1.48. The van der Waals surface area contributed by atoms with Gasteiger partial charge in [0.2, 0.25) is 11.8 Å². The number of carbonyl (C=O) groups excluding carboxylic acids is 3.